The largest absolute Gasteiger partial charge is 1.00 e. The van der Waals surface area contributed by atoms with Crippen LogP contribution in [0.1, 0.15) is 60.8 Å². The second kappa shape index (κ2) is 19.6. The summed E-state index contributed by atoms with van der Waals surface area (Å²) in [6, 6.07) is 20.8. The summed E-state index contributed by atoms with van der Waals surface area (Å²) in [6.45, 7) is 3.34. The molecule has 4 aromatic carbocycles. The van der Waals surface area contributed by atoms with E-state index in [-0.39, 0.29) is 95.8 Å². The predicted octanol–water partition coefficient (Wildman–Crippen LogP) is 3.54. The zero-order valence-electron chi connectivity index (χ0n) is 29.5. The summed E-state index contributed by atoms with van der Waals surface area (Å²) in [7, 11) is 0. The Balaban J connectivity index is 0.000000972. The standard InChI is InChI=1S/C19H16FNO4.C19H14FNO4.CH4.B.Na.H2.H/c2*1-2-25-19(24)16-10-21(14-6-4-13(20)5-7-14)17-8-3-12(11-22)9-15(17)18(16)23;;;;;/h3-10,22H,2,11H2,1H3;3-11H,2H2,1H3;1H4;;;1H;/q;;;;+1;;-1. The Hall–Kier alpha value is -5.21. The van der Waals surface area contributed by atoms with Crippen LogP contribution in [0.4, 0.5) is 8.78 Å². The van der Waals surface area contributed by atoms with E-state index in [1.807, 2.05) is 0 Å². The molecule has 0 saturated carbocycles. The van der Waals surface area contributed by atoms with Gasteiger partial charge in [-0.05, 0) is 98.3 Å². The molecule has 6 aromatic rings. The predicted molar refractivity (Wildman–Crippen MR) is 198 cm³/mol. The van der Waals surface area contributed by atoms with E-state index in [9.17, 15) is 37.9 Å². The van der Waals surface area contributed by atoms with Gasteiger partial charge in [-0.25, -0.2) is 18.4 Å². The van der Waals surface area contributed by atoms with Crippen LogP contribution < -0.4 is 40.4 Å². The molecule has 0 amide bonds. The van der Waals surface area contributed by atoms with Gasteiger partial charge in [0.2, 0.25) is 10.9 Å². The number of aromatic nitrogens is 2. The molecule has 0 aliphatic heterocycles. The monoisotopic (exact) mass is 733 g/mol. The zero-order valence-corrected chi connectivity index (χ0v) is 30.5. The summed E-state index contributed by atoms with van der Waals surface area (Å²) < 4.78 is 39.6. The number of nitrogens with zero attached hydrogens (tertiary/aromatic N) is 2. The Morgan fingerprint density at radius 1 is 0.736 bits per heavy atom. The Morgan fingerprint density at radius 2 is 1.15 bits per heavy atom. The number of aliphatic hydroxyl groups is 1. The first-order valence-electron chi connectivity index (χ1n) is 15.4. The van der Waals surface area contributed by atoms with E-state index in [0.29, 0.717) is 39.8 Å². The fourth-order valence-corrected chi connectivity index (χ4v) is 5.24. The van der Waals surface area contributed by atoms with Crippen molar-refractivity contribution in [1.29, 1.82) is 0 Å². The maximum absolute atomic E-state index is 13.2. The minimum absolute atomic E-state index is 0. The molecule has 0 fully saturated rings. The number of carbonyl (C=O) groups is 3. The summed E-state index contributed by atoms with van der Waals surface area (Å²) in [5.74, 6) is -2.26. The second-order valence-corrected chi connectivity index (χ2v) is 10.8. The molecule has 0 aliphatic rings. The van der Waals surface area contributed by atoms with Crippen molar-refractivity contribution in [2.75, 3.05) is 13.2 Å². The summed E-state index contributed by atoms with van der Waals surface area (Å²) >= 11 is 0. The molecule has 0 saturated heterocycles. The summed E-state index contributed by atoms with van der Waals surface area (Å²) in [5.41, 5.74) is 1.81. The number of esters is 2. The van der Waals surface area contributed by atoms with Crippen LogP contribution in [-0.4, -0.2) is 54.1 Å². The number of ether oxygens (including phenoxy) is 2. The van der Waals surface area contributed by atoms with E-state index >= 15 is 0 Å². The maximum Gasteiger partial charge on any atom is 1.00 e. The van der Waals surface area contributed by atoms with Gasteiger partial charge in [-0.15, -0.1) is 0 Å². The number of pyridine rings is 2. The number of aldehydes is 1. The number of aliphatic hydroxyl groups excluding tert-OH is 1. The van der Waals surface area contributed by atoms with Crippen LogP contribution >= 0.6 is 0 Å². The summed E-state index contributed by atoms with van der Waals surface area (Å²) in [5, 5.41) is 9.81. The smallest absolute Gasteiger partial charge is 1.00 e. The molecule has 14 heteroatoms. The number of hydrogen-bond donors (Lipinski definition) is 1. The number of fused-ring (bicyclic) bond motifs is 2. The van der Waals surface area contributed by atoms with Gasteiger partial charge in [0.15, 0.2) is 0 Å². The third-order valence-electron chi connectivity index (χ3n) is 7.61. The molecular formula is C39H37BF2N2NaO8. The van der Waals surface area contributed by atoms with E-state index < -0.39 is 28.6 Å². The van der Waals surface area contributed by atoms with Gasteiger partial charge in [-0.3, -0.25) is 14.4 Å². The van der Waals surface area contributed by atoms with Gasteiger partial charge in [0, 0.05) is 49.9 Å². The number of rotatable bonds is 8. The van der Waals surface area contributed by atoms with E-state index in [4.69, 9.17) is 9.47 Å². The van der Waals surface area contributed by atoms with Gasteiger partial charge >= 0.3 is 41.5 Å². The van der Waals surface area contributed by atoms with Gasteiger partial charge in [0.1, 0.15) is 29.0 Å². The van der Waals surface area contributed by atoms with Gasteiger partial charge in [0.05, 0.1) is 30.9 Å². The average molecular weight is 734 g/mol. The van der Waals surface area contributed by atoms with Gasteiger partial charge < -0.3 is 25.1 Å². The molecule has 0 unspecified atom stereocenters. The molecule has 0 bridgehead atoms. The van der Waals surface area contributed by atoms with Crippen LogP contribution in [0.15, 0.2) is 107 Å². The molecule has 3 radical (unpaired) electrons. The molecule has 10 nitrogen and oxygen atoms in total. The van der Waals surface area contributed by atoms with E-state index in [1.54, 1.807) is 65.4 Å². The molecule has 2 aromatic heterocycles. The van der Waals surface area contributed by atoms with Gasteiger partial charge in [-0.2, -0.15) is 0 Å². The zero-order chi connectivity index (χ0) is 35.9. The van der Waals surface area contributed by atoms with Crippen LogP contribution in [0.3, 0.4) is 0 Å². The third-order valence-corrected chi connectivity index (χ3v) is 7.61. The molecule has 269 valence electrons. The topological polar surface area (TPSA) is 134 Å². The third kappa shape index (κ3) is 9.62. The molecule has 53 heavy (non-hydrogen) atoms. The summed E-state index contributed by atoms with van der Waals surface area (Å²) in [4.78, 5) is 60.7. The Bertz CT molecular complexity index is 2380. The van der Waals surface area contributed by atoms with Crippen LogP contribution in [0.5, 0.6) is 0 Å². The van der Waals surface area contributed by atoms with Crippen LogP contribution in [0, 0.1) is 11.6 Å². The SMILES string of the molecule is C.CCOC(=O)c1cn(-c2ccc(F)cc2)c2ccc(C=O)cc2c1=O.CCOC(=O)c1cn(-c2ccc(F)cc2)c2ccc(CO)cc2c1=O.[B].[H-].[HH].[Na+]. The van der Waals surface area contributed by atoms with Crippen molar-refractivity contribution >= 4 is 48.4 Å². The Kier molecular flexibility index (Phi) is 16.2. The van der Waals surface area contributed by atoms with E-state index in [1.165, 1.54) is 54.9 Å². The minimum atomic E-state index is -0.748. The van der Waals surface area contributed by atoms with Crippen molar-refractivity contribution in [2.24, 2.45) is 0 Å². The van der Waals surface area contributed by atoms with Gasteiger partial charge in [-0.1, -0.05) is 13.5 Å². The maximum atomic E-state index is 13.2. The van der Waals surface area contributed by atoms with Crippen molar-refractivity contribution in [3.8, 4) is 11.4 Å². The van der Waals surface area contributed by atoms with Crippen molar-refractivity contribution in [2.45, 2.75) is 27.9 Å². The average Bonchev–Trinajstić information content (AvgIpc) is 3.13. The quantitative estimate of drug-likeness (QED) is 0.143. The van der Waals surface area contributed by atoms with E-state index in [0.717, 1.165) is 0 Å². The molecule has 0 spiro atoms. The number of hydrogen-bond acceptors (Lipinski definition) is 8. The summed E-state index contributed by atoms with van der Waals surface area (Å²) in [6.07, 6.45) is 3.39. The molecule has 0 atom stereocenters. The van der Waals surface area contributed by atoms with Crippen molar-refractivity contribution < 1.29 is 70.2 Å². The first-order chi connectivity index (χ1) is 24.1. The fraction of sp³-hybridized carbons (Fsp3) is 0.154. The van der Waals surface area contributed by atoms with Crippen molar-refractivity contribution in [1.82, 2.24) is 9.13 Å². The van der Waals surface area contributed by atoms with Crippen LogP contribution in [0.25, 0.3) is 33.2 Å². The van der Waals surface area contributed by atoms with Crippen molar-refractivity contribution in [3.05, 3.63) is 152 Å². The Morgan fingerprint density at radius 3 is 1.55 bits per heavy atom. The molecule has 6 rings (SSSR count). The van der Waals surface area contributed by atoms with Crippen LogP contribution in [0.2, 0.25) is 0 Å². The molecule has 2 heterocycles. The molecule has 0 aliphatic carbocycles. The normalized spacial score (nSPS) is 10.1. The molecule has 1 N–H and O–H groups in total. The van der Waals surface area contributed by atoms with Gasteiger partial charge in [0.25, 0.3) is 0 Å². The number of halogens is 2. The first kappa shape index (κ1) is 44.0. The number of carbonyl (C=O) groups excluding carboxylic acids is 3. The number of benzene rings is 4. The first-order valence-corrected chi connectivity index (χ1v) is 15.4. The van der Waals surface area contributed by atoms with E-state index in [2.05, 4.69) is 0 Å². The minimum Gasteiger partial charge on any atom is -1.00 e. The second-order valence-electron chi connectivity index (χ2n) is 10.8. The molecular weight excluding hydrogens is 696 g/mol. The fourth-order valence-electron chi connectivity index (χ4n) is 5.24. The van der Waals surface area contributed by atoms with Crippen molar-refractivity contribution in [3.63, 3.8) is 0 Å². The Labute approximate surface area is 330 Å². The van der Waals surface area contributed by atoms with Crippen LogP contribution in [-0.2, 0) is 16.1 Å².